The standard InChI is InChI=1S/C14H14N4O5S/c1-23-8-3-4-9(11(5-8)18(21)22)16-14(20)10-6-13(19)17-12(15-10)7-24-2/h3-6H,7H2,1-2H3,(H,16,20)(H,15,17,19). The molecule has 1 aromatic carbocycles. The molecule has 0 unspecified atom stereocenters. The van der Waals surface area contributed by atoms with E-state index in [1.165, 1.54) is 37.1 Å². The first-order valence-corrected chi connectivity index (χ1v) is 8.07. The topological polar surface area (TPSA) is 127 Å². The van der Waals surface area contributed by atoms with Gasteiger partial charge in [0.05, 0.1) is 23.9 Å². The number of benzene rings is 1. The van der Waals surface area contributed by atoms with Crippen LogP contribution in [0, 0.1) is 10.1 Å². The van der Waals surface area contributed by atoms with Gasteiger partial charge in [-0.15, -0.1) is 0 Å². The molecule has 0 aliphatic heterocycles. The number of ether oxygens (including phenoxy) is 1. The van der Waals surface area contributed by atoms with Crippen LogP contribution in [0.4, 0.5) is 11.4 Å². The Morgan fingerprint density at radius 3 is 2.83 bits per heavy atom. The average molecular weight is 350 g/mol. The smallest absolute Gasteiger partial charge is 0.296 e. The number of nitro groups is 1. The minimum absolute atomic E-state index is 0.0145. The Hall–Kier alpha value is -2.88. The van der Waals surface area contributed by atoms with E-state index in [2.05, 4.69) is 15.3 Å². The summed E-state index contributed by atoms with van der Waals surface area (Å²) in [7, 11) is 1.38. The van der Waals surface area contributed by atoms with Crippen LogP contribution in [0.2, 0.25) is 0 Å². The molecule has 1 aromatic heterocycles. The van der Waals surface area contributed by atoms with Gasteiger partial charge in [0.15, 0.2) is 0 Å². The number of H-pyrrole nitrogens is 1. The number of amides is 1. The van der Waals surface area contributed by atoms with E-state index in [4.69, 9.17) is 4.74 Å². The Kier molecular flexibility index (Phi) is 5.53. The van der Waals surface area contributed by atoms with Gasteiger partial charge in [0, 0.05) is 6.07 Å². The highest BCUT2D eigenvalue weighted by atomic mass is 32.2. The molecule has 0 saturated carbocycles. The summed E-state index contributed by atoms with van der Waals surface area (Å²) in [6, 6.07) is 5.06. The molecule has 2 rings (SSSR count). The van der Waals surface area contributed by atoms with Gasteiger partial charge in [0.1, 0.15) is 23.0 Å². The van der Waals surface area contributed by atoms with Crippen LogP contribution in [-0.2, 0) is 5.75 Å². The van der Waals surface area contributed by atoms with Crippen LogP contribution < -0.4 is 15.6 Å². The van der Waals surface area contributed by atoms with Crippen molar-refractivity contribution < 1.29 is 14.5 Å². The Bertz CT molecular complexity index is 836. The third-order valence-corrected chi connectivity index (χ3v) is 3.52. The van der Waals surface area contributed by atoms with Crippen LogP contribution in [0.15, 0.2) is 29.1 Å². The molecule has 9 nitrogen and oxygen atoms in total. The van der Waals surface area contributed by atoms with E-state index >= 15 is 0 Å². The highest BCUT2D eigenvalue weighted by molar-refractivity contribution is 7.97. The lowest BCUT2D eigenvalue weighted by atomic mass is 10.2. The van der Waals surface area contributed by atoms with E-state index in [0.29, 0.717) is 11.6 Å². The fourth-order valence-electron chi connectivity index (χ4n) is 1.91. The van der Waals surface area contributed by atoms with Gasteiger partial charge in [-0.1, -0.05) is 0 Å². The average Bonchev–Trinajstić information content (AvgIpc) is 2.54. The van der Waals surface area contributed by atoms with E-state index < -0.39 is 16.4 Å². The lowest BCUT2D eigenvalue weighted by Gasteiger charge is -2.08. The van der Waals surface area contributed by atoms with Crippen molar-refractivity contribution >= 4 is 29.0 Å². The summed E-state index contributed by atoms with van der Waals surface area (Å²) in [6.45, 7) is 0. The second-order valence-corrected chi connectivity index (χ2v) is 5.47. The molecule has 0 bridgehead atoms. The summed E-state index contributed by atoms with van der Waals surface area (Å²) >= 11 is 1.43. The van der Waals surface area contributed by atoms with Gasteiger partial charge >= 0.3 is 0 Å². The van der Waals surface area contributed by atoms with E-state index in [0.717, 1.165) is 6.07 Å². The molecular weight excluding hydrogens is 336 g/mol. The van der Waals surface area contributed by atoms with Crippen LogP contribution in [0.1, 0.15) is 16.3 Å². The number of rotatable bonds is 6. The predicted molar refractivity (Wildman–Crippen MR) is 89.7 cm³/mol. The predicted octanol–water partition coefficient (Wildman–Crippen LogP) is 1.80. The lowest BCUT2D eigenvalue weighted by molar-refractivity contribution is -0.384. The molecule has 0 fully saturated rings. The molecule has 24 heavy (non-hydrogen) atoms. The summed E-state index contributed by atoms with van der Waals surface area (Å²) in [5.74, 6) is 0.358. The maximum absolute atomic E-state index is 12.3. The quantitative estimate of drug-likeness (QED) is 0.600. The number of aromatic amines is 1. The Balaban J connectivity index is 2.33. The van der Waals surface area contributed by atoms with Gasteiger partial charge < -0.3 is 15.0 Å². The molecule has 0 aliphatic carbocycles. The number of hydrogen-bond acceptors (Lipinski definition) is 7. The molecule has 0 atom stereocenters. The SMILES string of the molecule is COc1ccc(NC(=O)c2cc(=O)[nH]c(CSC)n2)c([N+](=O)[O-])c1. The first-order valence-electron chi connectivity index (χ1n) is 6.67. The summed E-state index contributed by atoms with van der Waals surface area (Å²) in [4.78, 5) is 40.9. The van der Waals surface area contributed by atoms with E-state index in [-0.39, 0.29) is 22.8 Å². The maximum atomic E-state index is 12.3. The molecule has 2 N–H and O–H groups in total. The highest BCUT2D eigenvalue weighted by Crippen LogP contribution is 2.29. The summed E-state index contributed by atoms with van der Waals surface area (Å²) < 4.78 is 4.93. The van der Waals surface area contributed by atoms with Crippen LogP contribution in [0.5, 0.6) is 5.75 Å². The summed E-state index contributed by atoms with van der Waals surface area (Å²) in [5, 5.41) is 13.5. The van der Waals surface area contributed by atoms with Crippen LogP contribution >= 0.6 is 11.8 Å². The molecule has 0 saturated heterocycles. The molecule has 126 valence electrons. The van der Waals surface area contributed by atoms with Crippen molar-refractivity contribution in [3.05, 3.63) is 56.3 Å². The minimum Gasteiger partial charge on any atom is -0.496 e. The van der Waals surface area contributed by atoms with Gasteiger partial charge in [-0.3, -0.25) is 19.7 Å². The van der Waals surface area contributed by atoms with Gasteiger partial charge in [-0.2, -0.15) is 11.8 Å². The monoisotopic (exact) mass is 350 g/mol. The van der Waals surface area contributed by atoms with Crippen molar-refractivity contribution in [2.45, 2.75) is 5.75 Å². The third-order valence-electron chi connectivity index (χ3n) is 2.95. The van der Waals surface area contributed by atoms with E-state index in [1.54, 1.807) is 0 Å². The van der Waals surface area contributed by atoms with Crippen molar-refractivity contribution in [2.24, 2.45) is 0 Å². The van der Waals surface area contributed by atoms with E-state index in [1.807, 2.05) is 6.26 Å². The van der Waals surface area contributed by atoms with Crippen LogP contribution in [0.3, 0.4) is 0 Å². The second kappa shape index (κ2) is 7.59. The Morgan fingerprint density at radius 2 is 2.21 bits per heavy atom. The van der Waals surface area contributed by atoms with Crippen LogP contribution in [0.25, 0.3) is 0 Å². The second-order valence-electron chi connectivity index (χ2n) is 4.60. The Morgan fingerprint density at radius 1 is 1.46 bits per heavy atom. The van der Waals surface area contributed by atoms with Crippen molar-refractivity contribution in [1.82, 2.24) is 9.97 Å². The number of carbonyl (C=O) groups is 1. The fraction of sp³-hybridized carbons (Fsp3) is 0.214. The highest BCUT2D eigenvalue weighted by Gasteiger charge is 2.19. The number of nitro benzene ring substituents is 1. The molecule has 0 radical (unpaired) electrons. The lowest BCUT2D eigenvalue weighted by Crippen LogP contribution is -2.20. The van der Waals surface area contributed by atoms with Crippen molar-refractivity contribution in [3.8, 4) is 5.75 Å². The minimum atomic E-state index is -0.711. The number of nitrogens with one attached hydrogen (secondary N) is 2. The number of anilines is 1. The Labute approximate surface area is 140 Å². The zero-order valence-electron chi connectivity index (χ0n) is 12.9. The molecule has 0 aliphatic rings. The largest absolute Gasteiger partial charge is 0.496 e. The maximum Gasteiger partial charge on any atom is 0.296 e. The summed E-state index contributed by atoms with van der Waals surface area (Å²) in [5.41, 5.74) is -0.924. The molecule has 1 amide bonds. The van der Waals surface area contributed by atoms with Crippen molar-refractivity contribution in [2.75, 3.05) is 18.7 Å². The van der Waals surface area contributed by atoms with Crippen molar-refractivity contribution in [1.29, 1.82) is 0 Å². The van der Waals surface area contributed by atoms with Gasteiger partial charge in [0.2, 0.25) is 0 Å². The van der Waals surface area contributed by atoms with Crippen molar-refractivity contribution in [3.63, 3.8) is 0 Å². The summed E-state index contributed by atoms with van der Waals surface area (Å²) in [6.07, 6.45) is 1.83. The zero-order chi connectivity index (χ0) is 17.7. The third kappa shape index (κ3) is 4.10. The molecule has 2 aromatic rings. The molecular formula is C14H14N4O5S. The number of thioether (sulfide) groups is 1. The van der Waals surface area contributed by atoms with Gasteiger partial charge in [-0.05, 0) is 18.4 Å². The molecule has 0 spiro atoms. The molecule has 1 heterocycles. The number of nitrogens with zero attached hydrogens (tertiary/aromatic N) is 2. The van der Waals surface area contributed by atoms with Crippen LogP contribution in [-0.4, -0.2) is 34.2 Å². The fourth-order valence-corrected chi connectivity index (χ4v) is 2.32. The normalized spacial score (nSPS) is 10.2. The first kappa shape index (κ1) is 17.5. The van der Waals surface area contributed by atoms with E-state index in [9.17, 15) is 19.7 Å². The van der Waals surface area contributed by atoms with Gasteiger partial charge in [-0.25, -0.2) is 4.98 Å². The van der Waals surface area contributed by atoms with Gasteiger partial charge in [0.25, 0.3) is 17.2 Å². The number of hydrogen-bond donors (Lipinski definition) is 2. The number of methoxy groups -OCH3 is 1. The first-order chi connectivity index (χ1) is 11.4. The number of carbonyl (C=O) groups excluding carboxylic acids is 1. The zero-order valence-corrected chi connectivity index (χ0v) is 13.7. The number of aromatic nitrogens is 2. The molecule has 10 heteroatoms.